The molecule has 0 atom stereocenters. The minimum Gasteiger partial charge on any atom is -0.508 e. The molecular weight excluding hydrogens is 252 g/mol. The van der Waals surface area contributed by atoms with Crippen molar-refractivity contribution in [3.63, 3.8) is 0 Å². The zero-order valence-corrected chi connectivity index (χ0v) is 11.0. The number of aromatic amines is 1. The number of aromatic hydroxyl groups is 1. The Morgan fingerprint density at radius 2 is 2.00 bits per heavy atom. The number of para-hydroxylation sites is 1. The van der Waals surface area contributed by atoms with E-state index in [9.17, 15) is 5.11 Å². The summed E-state index contributed by atoms with van der Waals surface area (Å²) in [5.41, 5.74) is 6.79. The highest BCUT2D eigenvalue weighted by Crippen LogP contribution is 2.17. The van der Waals surface area contributed by atoms with Crippen LogP contribution in [0.2, 0.25) is 0 Å². The van der Waals surface area contributed by atoms with Crippen LogP contribution in [-0.4, -0.2) is 21.3 Å². The molecule has 0 fully saturated rings. The molecule has 20 heavy (non-hydrogen) atoms. The third-order valence-corrected chi connectivity index (χ3v) is 2.99. The molecule has 0 saturated carbocycles. The molecule has 1 heterocycles. The lowest BCUT2D eigenvalue weighted by atomic mass is 10.2. The normalized spacial score (nSPS) is 11.2. The molecule has 1 aromatic heterocycles. The Morgan fingerprint density at radius 3 is 2.75 bits per heavy atom. The summed E-state index contributed by atoms with van der Waals surface area (Å²) in [4.78, 5) is 7.59. The minimum absolute atomic E-state index is 0.239. The number of aryl methyl sites for hydroxylation is 1. The van der Waals surface area contributed by atoms with Gasteiger partial charge in [0.1, 0.15) is 5.75 Å². The number of H-pyrrole nitrogens is 1. The number of hydrazone groups is 1. The summed E-state index contributed by atoms with van der Waals surface area (Å²) in [7, 11) is 0. The van der Waals surface area contributed by atoms with Crippen molar-refractivity contribution in [3.8, 4) is 5.75 Å². The Bertz CT molecular complexity index is 759. The lowest BCUT2D eigenvalue weighted by Gasteiger charge is -1.95. The van der Waals surface area contributed by atoms with E-state index in [0.717, 1.165) is 22.2 Å². The Labute approximate surface area is 116 Å². The molecule has 0 amide bonds. The first-order chi connectivity index (χ1) is 9.72. The lowest BCUT2D eigenvalue weighted by molar-refractivity contribution is 0.475. The van der Waals surface area contributed by atoms with Crippen molar-refractivity contribution in [2.24, 2.45) is 5.10 Å². The third-order valence-electron chi connectivity index (χ3n) is 2.99. The highest BCUT2D eigenvalue weighted by molar-refractivity contribution is 5.82. The molecule has 0 aliphatic rings. The number of imidazole rings is 1. The second kappa shape index (κ2) is 5.05. The van der Waals surface area contributed by atoms with Gasteiger partial charge in [0, 0.05) is 0 Å². The number of phenols is 1. The number of nitrogens with zero attached hydrogens (tertiary/aromatic N) is 2. The topological polar surface area (TPSA) is 73.3 Å². The van der Waals surface area contributed by atoms with Gasteiger partial charge in [0.25, 0.3) is 0 Å². The second-order valence-corrected chi connectivity index (χ2v) is 4.52. The summed E-state index contributed by atoms with van der Waals surface area (Å²) >= 11 is 0. The standard InChI is InChI=1S/C15H14N4O/c1-10-3-2-4-13-14(10)18-15(17-13)19-16-9-11-5-7-12(20)8-6-11/h2-9,20H,1H3,(H2,17,18,19)/b16-9+. The van der Waals surface area contributed by atoms with Gasteiger partial charge in [0.05, 0.1) is 17.2 Å². The fraction of sp³-hybridized carbons (Fsp3) is 0.0667. The van der Waals surface area contributed by atoms with Gasteiger partial charge in [0.2, 0.25) is 5.95 Å². The van der Waals surface area contributed by atoms with Crippen LogP contribution >= 0.6 is 0 Å². The van der Waals surface area contributed by atoms with Gasteiger partial charge in [-0.2, -0.15) is 5.10 Å². The average Bonchev–Trinajstić information content (AvgIpc) is 2.85. The highest BCUT2D eigenvalue weighted by Gasteiger charge is 2.03. The van der Waals surface area contributed by atoms with Crippen LogP contribution in [0, 0.1) is 6.92 Å². The molecule has 2 aromatic carbocycles. The van der Waals surface area contributed by atoms with Gasteiger partial charge in [-0.25, -0.2) is 10.4 Å². The SMILES string of the molecule is Cc1cccc2[nH]c(N/N=C/c3ccc(O)cc3)nc12. The number of aromatic nitrogens is 2. The Kier molecular flexibility index (Phi) is 3.09. The number of hydrogen-bond donors (Lipinski definition) is 3. The van der Waals surface area contributed by atoms with E-state index < -0.39 is 0 Å². The summed E-state index contributed by atoms with van der Waals surface area (Å²) in [5, 5.41) is 13.3. The van der Waals surface area contributed by atoms with E-state index in [1.165, 1.54) is 0 Å². The number of rotatable bonds is 3. The van der Waals surface area contributed by atoms with Crippen LogP contribution in [0.4, 0.5) is 5.95 Å². The van der Waals surface area contributed by atoms with Crippen molar-refractivity contribution in [2.75, 3.05) is 5.43 Å². The molecule has 5 heteroatoms. The molecule has 100 valence electrons. The van der Waals surface area contributed by atoms with Crippen molar-refractivity contribution >= 4 is 23.2 Å². The summed E-state index contributed by atoms with van der Waals surface area (Å²) in [5.74, 6) is 0.840. The summed E-state index contributed by atoms with van der Waals surface area (Å²) in [6.07, 6.45) is 1.67. The molecule has 0 bridgehead atoms. The van der Waals surface area contributed by atoms with Crippen molar-refractivity contribution in [3.05, 3.63) is 53.6 Å². The summed E-state index contributed by atoms with van der Waals surface area (Å²) < 4.78 is 0. The second-order valence-electron chi connectivity index (χ2n) is 4.52. The molecular formula is C15H14N4O. The van der Waals surface area contributed by atoms with Crippen LogP contribution < -0.4 is 5.43 Å². The molecule has 5 nitrogen and oxygen atoms in total. The first kappa shape index (κ1) is 12.2. The van der Waals surface area contributed by atoms with Crippen molar-refractivity contribution < 1.29 is 5.11 Å². The Balaban J connectivity index is 1.76. The minimum atomic E-state index is 0.239. The number of nitrogens with one attached hydrogen (secondary N) is 2. The zero-order valence-electron chi connectivity index (χ0n) is 11.0. The fourth-order valence-electron chi connectivity index (χ4n) is 1.96. The first-order valence-corrected chi connectivity index (χ1v) is 6.26. The monoisotopic (exact) mass is 266 g/mol. The molecule has 0 saturated heterocycles. The quantitative estimate of drug-likeness (QED) is 0.504. The van der Waals surface area contributed by atoms with Crippen LogP contribution in [-0.2, 0) is 0 Å². The van der Waals surface area contributed by atoms with Gasteiger partial charge in [-0.3, -0.25) is 0 Å². The number of fused-ring (bicyclic) bond motifs is 1. The molecule has 0 aliphatic heterocycles. The number of phenolic OH excluding ortho intramolecular Hbond substituents is 1. The van der Waals surface area contributed by atoms with Gasteiger partial charge in [-0.15, -0.1) is 0 Å². The van der Waals surface area contributed by atoms with Crippen LogP contribution in [0.15, 0.2) is 47.6 Å². The molecule has 0 aliphatic carbocycles. The van der Waals surface area contributed by atoms with Crippen molar-refractivity contribution in [1.29, 1.82) is 0 Å². The third kappa shape index (κ3) is 2.47. The maximum Gasteiger partial charge on any atom is 0.222 e. The van der Waals surface area contributed by atoms with Gasteiger partial charge in [-0.1, -0.05) is 12.1 Å². The van der Waals surface area contributed by atoms with Gasteiger partial charge in [-0.05, 0) is 48.4 Å². The van der Waals surface area contributed by atoms with E-state index in [2.05, 4.69) is 20.5 Å². The number of benzene rings is 2. The van der Waals surface area contributed by atoms with E-state index in [0.29, 0.717) is 5.95 Å². The highest BCUT2D eigenvalue weighted by atomic mass is 16.3. The van der Waals surface area contributed by atoms with E-state index in [1.54, 1.807) is 30.5 Å². The first-order valence-electron chi connectivity index (χ1n) is 6.26. The fourth-order valence-corrected chi connectivity index (χ4v) is 1.96. The van der Waals surface area contributed by atoms with Crippen LogP contribution in [0.1, 0.15) is 11.1 Å². The van der Waals surface area contributed by atoms with Crippen LogP contribution in [0.25, 0.3) is 11.0 Å². The van der Waals surface area contributed by atoms with Gasteiger partial charge >= 0.3 is 0 Å². The van der Waals surface area contributed by atoms with E-state index in [1.807, 2.05) is 25.1 Å². The van der Waals surface area contributed by atoms with Crippen molar-refractivity contribution in [1.82, 2.24) is 9.97 Å². The zero-order chi connectivity index (χ0) is 13.9. The average molecular weight is 266 g/mol. The molecule has 3 N–H and O–H groups in total. The maximum absolute atomic E-state index is 9.19. The predicted molar refractivity (Wildman–Crippen MR) is 80.2 cm³/mol. The Hall–Kier alpha value is -2.82. The molecule has 0 spiro atoms. The smallest absolute Gasteiger partial charge is 0.222 e. The number of anilines is 1. The Morgan fingerprint density at radius 1 is 1.20 bits per heavy atom. The molecule has 0 radical (unpaired) electrons. The largest absolute Gasteiger partial charge is 0.508 e. The van der Waals surface area contributed by atoms with Gasteiger partial charge < -0.3 is 10.1 Å². The van der Waals surface area contributed by atoms with E-state index >= 15 is 0 Å². The molecule has 0 unspecified atom stereocenters. The maximum atomic E-state index is 9.19. The molecule has 3 aromatic rings. The van der Waals surface area contributed by atoms with Gasteiger partial charge in [0.15, 0.2) is 0 Å². The van der Waals surface area contributed by atoms with E-state index in [4.69, 9.17) is 0 Å². The predicted octanol–water partition coefficient (Wildman–Crippen LogP) is 3.02. The summed E-state index contributed by atoms with van der Waals surface area (Å²) in [6.45, 7) is 2.02. The molecule has 3 rings (SSSR count). The number of hydrogen-bond acceptors (Lipinski definition) is 4. The summed E-state index contributed by atoms with van der Waals surface area (Å²) in [6, 6.07) is 12.8. The van der Waals surface area contributed by atoms with Crippen LogP contribution in [0.3, 0.4) is 0 Å². The van der Waals surface area contributed by atoms with Crippen molar-refractivity contribution in [2.45, 2.75) is 6.92 Å². The van der Waals surface area contributed by atoms with Crippen LogP contribution in [0.5, 0.6) is 5.75 Å². The van der Waals surface area contributed by atoms with E-state index in [-0.39, 0.29) is 5.75 Å². The lowest BCUT2D eigenvalue weighted by Crippen LogP contribution is -1.92.